The molecule has 0 spiro atoms. The fraction of sp³-hybridized carbons (Fsp3) is 0.273. The van der Waals surface area contributed by atoms with Crippen molar-refractivity contribution in [1.29, 1.82) is 0 Å². The molecule has 1 amide bonds. The number of phenols is 1. The molecule has 0 aliphatic carbocycles. The Morgan fingerprint density at radius 3 is 2.38 bits per heavy atom. The van der Waals surface area contributed by atoms with Gasteiger partial charge in [-0.15, -0.1) is 0 Å². The number of hydrogen-bond donors (Lipinski definition) is 2. The smallest absolute Gasteiger partial charge is 0.331 e. The molecule has 0 fully saturated rings. The number of rotatable bonds is 5. The SMILES string of the molecule is CCN(C=O)C(C(=O)O)c1ccc(O)cc1. The highest BCUT2D eigenvalue weighted by Gasteiger charge is 2.25. The minimum atomic E-state index is -1.10. The summed E-state index contributed by atoms with van der Waals surface area (Å²) < 4.78 is 0. The fourth-order valence-electron chi connectivity index (χ4n) is 1.45. The molecule has 0 aliphatic heterocycles. The van der Waals surface area contributed by atoms with Crippen LogP contribution in [-0.4, -0.2) is 34.0 Å². The van der Waals surface area contributed by atoms with Crippen LogP contribution in [0.25, 0.3) is 0 Å². The number of nitrogens with zero attached hydrogens (tertiary/aromatic N) is 1. The number of carbonyl (C=O) groups is 2. The van der Waals surface area contributed by atoms with E-state index in [0.29, 0.717) is 18.5 Å². The van der Waals surface area contributed by atoms with Crippen LogP contribution in [0, 0.1) is 0 Å². The monoisotopic (exact) mass is 223 g/mol. The lowest BCUT2D eigenvalue weighted by Crippen LogP contribution is -2.32. The molecule has 1 atom stereocenters. The topological polar surface area (TPSA) is 77.8 Å². The van der Waals surface area contributed by atoms with Crippen LogP contribution in [0.3, 0.4) is 0 Å². The molecule has 0 aliphatic rings. The minimum Gasteiger partial charge on any atom is -0.508 e. The van der Waals surface area contributed by atoms with E-state index < -0.39 is 12.0 Å². The third-order valence-electron chi connectivity index (χ3n) is 2.27. The van der Waals surface area contributed by atoms with E-state index in [9.17, 15) is 9.59 Å². The Morgan fingerprint density at radius 1 is 1.44 bits per heavy atom. The van der Waals surface area contributed by atoms with E-state index in [0.717, 1.165) is 0 Å². The van der Waals surface area contributed by atoms with Gasteiger partial charge in [0, 0.05) is 6.54 Å². The zero-order valence-corrected chi connectivity index (χ0v) is 8.83. The van der Waals surface area contributed by atoms with Crippen LogP contribution in [0.5, 0.6) is 5.75 Å². The fourth-order valence-corrected chi connectivity index (χ4v) is 1.45. The molecule has 0 saturated carbocycles. The summed E-state index contributed by atoms with van der Waals surface area (Å²) in [6.45, 7) is 2.01. The molecule has 1 rings (SSSR count). The van der Waals surface area contributed by atoms with Gasteiger partial charge in [0.15, 0.2) is 6.04 Å². The van der Waals surface area contributed by atoms with Gasteiger partial charge in [-0.25, -0.2) is 4.79 Å². The number of amides is 1. The second-order valence-corrected chi connectivity index (χ2v) is 3.27. The number of likely N-dealkylation sites (N-methyl/N-ethyl adjacent to an activating group) is 1. The molecule has 0 saturated heterocycles. The van der Waals surface area contributed by atoms with Crippen LogP contribution >= 0.6 is 0 Å². The molecule has 0 heterocycles. The van der Waals surface area contributed by atoms with Crippen molar-refractivity contribution in [3.05, 3.63) is 29.8 Å². The predicted octanol–water partition coefficient (Wildman–Crippen LogP) is 0.996. The standard InChI is InChI=1S/C11H13NO4/c1-2-12(7-13)10(11(15)16)8-3-5-9(14)6-4-8/h3-7,10,14H,2H2,1H3,(H,15,16). The molecule has 5 nitrogen and oxygen atoms in total. The number of benzene rings is 1. The molecule has 86 valence electrons. The van der Waals surface area contributed by atoms with Crippen LogP contribution in [0.1, 0.15) is 18.5 Å². The Morgan fingerprint density at radius 2 is 2.00 bits per heavy atom. The van der Waals surface area contributed by atoms with E-state index >= 15 is 0 Å². The van der Waals surface area contributed by atoms with Crippen molar-refractivity contribution in [2.45, 2.75) is 13.0 Å². The van der Waals surface area contributed by atoms with E-state index in [1.165, 1.54) is 29.2 Å². The number of aromatic hydroxyl groups is 1. The van der Waals surface area contributed by atoms with Gasteiger partial charge in [0.25, 0.3) is 0 Å². The van der Waals surface area contributed by atoms with Crippen LogP contribution in [0.15, 0.2) is 24.3 Å². The Hall–Kier alpha value is -2.04. The summed E-state index contributed by atoms with van der Waals surface area (Å²) in [4.78, 5) is 23.0. The van der Waals surface area contributed by atoms with Gasteiger partial charge in [0.05, 0.1) is 0 Å². The highest BCUT2D eigenvalue weighted by molar-refractivity contribution is 5.78. The van der Waals surface area contributed by atoms with Gasteiger partial charge in [0.1, 0.15) is 5.75 Å². The van der Waals surface area contributed by atoms with Gasteiger partial charge in [-0.3, -0.25) is 4.79 Å². The Kier molecular flexibility index (Phi) is 3.88. The van der Waals surface area contributed by atoms with Gasteiger partial charge in [0.2, 0.25) is 6.41 Å². The van der Waals surface area contributed by atoms with Crippen LogP contribution in [0.4, 0.5) is 0 Å². The average Bonchev–Trinajstić information content (AvgIpc) is 2.27. The first kappa shape index (κ1) is 12.0. The van der Waals surface area contributed by atoms with E-state index in [1.807, 2.05) is 0 Å². The normalized spacial score (nSPS) is 11.8. The predicted molar refractivity (Wildman–Crippen MR) is 56.9 cm³/mol. The van der Waals surface area contributed by atoms with Gasteiger partial charge in [-0.05, 0) is 24.6 Å². The van der Waals surface area contributed by atoms with Crippen molar-refractivity contribution in [2.75, 3.05) is 6.54 Å². The Balaban J connectivity index is 3.06. The highest BCUT2D eigenvalue weighted by Crippen LogP contribution is 2.21. The first-order chi connectivity index (χ1) is 7.60. The second kappa shape index (κ2) is 5.16. The second-order valence-electron chi connectivity index (χ2n) is 3.27. The molecule has 5 heteroatoms. The zero-order chi connectivity index (χ0) is 12.1. The molecule has 16 heavy (non-hydrogen) atoms. The number of carbonyl (C=O) groups excluding carboxylic acids is 1. The number of phenolic OH excluding ortho intramolecular Hbond substituents is 1. The summed E-state index contributed by atoms with van der Waals surface area (Å²) in [5.74, 6) is -1.04. The first-order valence-corrected chi connectivity index (χ1v) is 4.83. The third kappa shape index (κ3) is 2.50. The molecule has 2 N–H and O–H groups in total. The van der Waals surface area contributed by atoms with Gasteiger partial charge >= 0.3 is 5.97 Å². The molecule has 1 aromatic rings. The minimum absolute atomic E-state index is 0.0574. The van der Waals surface area contributed by atoms with Crippen LogP contribution in [0.2, 0.25) is 0 Å². The first-order valence-electron chi connectivity index (χ1n) is 4.83. The Bertz CT molecular complexity index is 374. The van der Waals surface area contributed by atoms with Gasteiger partial charge < -0.3 is 15.1 Å². The lowest BCUT2D eigenvalue weighted by molar-refractivity contribution is -0.146. The summed E-state index contributed by atoms with van der Waals surface area (Å²) in [7, 11) is 0. The van der Waals surface area contributed by atoms with Crippen molar-refractivity contribution < 1.29 is 19.8 Å². The maximum absolute atomic E-state index is 11.1. The lowest BCUT2D eigenvalue weighted by Gasteiger charge is -2.23. The lowest BCUT2D eigenvalue weighted by atomic mass is 10.1. The Labute approximate surface area is 92.9 Å². The maximum Gasteiger partial charge on any atom is 0.331 e. The van der Waals surface area contributed by atoms with E-state index in [4.69, 9.17) is 10.2 Å². The molecular weight excluding hydrogens is 210 g/mol. The quantitative estimate of drug-likeness (QED) is 0.730. The molecular formula is C11H13NO4. The number of hydrogen-bond acceptors (Lipinski definition) is 3. The summed E-state index contributed by atoms with van der Waals surface area (Å²) >= 11 is 0. The van der Waals surface area contributed by atoms with Gasteiger partial charge in [-0.2, -0.15) is 0 Å². The summed E-state index contributed by atoms with van der Waals surface area (Å²) in [6.07, 6.45) is 0.506. The van der Waals surface area contributed by atoms with Crippen molar-refractivity contribution >= 4 is 12.4 Å². The van der Waals surface area contributed by atoms with Crippen LogP contribution < -0.4 is 0 Å². The largest absolute Gasteiger partial charge is 0.508 e. The van der Waals surface area contributed by atoms with E-state index in [-0.39, 0.29) is 5.75 Å². The third-order valence-corrected chi connectivity index (χ3v) is 2.27. The van der Waals surface area contributed by atoms with Crippen molar-refractivity contribution in [2.24, 2.45) is 0 Å². The number of carboxylic acid groups (broad SMARTS) is 1. The summed E-state index contributed by atoms with van der Waals surface area (Å²) in [5, 5.41) is 18.2. The molecule has 1 unspecified atom stereocenters. The average molecular weight is 223 g/mol. The number of carboxylic acids is 1. The van der Waals surface area contributed by atoms with Gasteiger partial charge in [-0.1, -0.05) is 12.1 Å². The number of aliphatic carboxylic acids is 1. The maximum atomic E-state index is 11.1. The van der Waals surface area contributed by atoms with Crippen molar-refractivity contribution in [3.63, 3.8) is 0 Å². The molecule has 1 aromatic carbocycles. The summed E-state index contributed by atoms with van der Waals surface area (Å²) in [5.41, 5.74) is 0.458. The van der Waals surface area contributed by atoms with Crippen molar-refractivity contribution in [1.82, 2.24) is 4.90 Å². The van der Waals surface area contributed by atoms with E-state index in [1.54, 1.807) is 6.92 Å². The zero-order valence-electron chi connectivity index (χ0n) is 8.83. The van der Waals surface area contributed by atoms with Crippen LogP contribution in [-0.2, 0) is 9.59 Å². The highest BCUT2D eigenvalue weighted by atomic mass is 16.4. The molecule has 0 bridgehead atoms. The molecule has 0 aromatic heterocycles. The van der Waals surface area contributed by atoms with Crippen molar-refractivity contribution in [3.8, 4) is 5.75 Å². The molecule has 0 radical (unpaired) electrons. The van der Waals surface area contributed by atoms with E-state index in [2.05, 4.69) is 0 Å². The summed E-state index contributed by atoms with van der Waals surface area (Å²) in [6, 6.07) is 4.75.